The van der Waals surface area contributed by atoms with Crippen LogP contribution in [0.3, 0.4) is 0 Å². The standard InChI is InChI=1S/C7H14F2N2O3S/c8-7(9)5-11(3-4-12)15(13,14)10-6-1-2-6/h6-7,10,12H,1-5H2. The highest BCUT2D eigenvalue weighted by molar-refractivity contribution is 7.87. The third-order valence-electron chi connectivity index (χ3n) is 1.92. The molecule has 0 aliphatic heterocycles. The molecule has 0 amide bonds. The van der Waals surface area contributed by atoms with Gasteiger partial charge in [-0.05, 0) is 12.8 Å². The van der Waals surface area contributed by atoms with Crippen LogP contribution in [-0.4, -0.2) is 50.0 Å². The summed E-state index contributed by atoms with van der Waals surface area (Å²) in [5, 5.41) is 8.58. The van der Waals surface area contributed by atoms with Crippen LogP contribution in [-0.2, 0) is 10.2 Å². The molecule has 1 aliphatic rings. The van der Waals surface area contributed by atoms with Gasteiger partial charge in [0.05, 0.1) is 13.2 Å². The van der Waals surface area contributed by atoms with Crippen molar-refractivity contribution in [3.8, 4) is 0 Å². The van der Waals surface area contributed by atoms with Crippen LogP contribution < -0.4 is 4.72 Å². The highest BCUT2D eigenvalue weighted by Gasteiger charge is 2.31. The minimum Gasteiger partial charge on any atom is -0.395 e. The zero-order valence-electron chi connectivity index (χ0n) is 8.07. The van der Waals surface area contributed by atoms with E-state index in [9.17, 15) is 17.2 Å². The Morgan fingerprint density at radius 3 is 2.47 bits per heavy atom. The smallest absolute Gasteiger partial charge is 0.279 e. The number of halogens is 2. The van der Waals surface area contributed by atoms with Gasteiger partial charge in [0.25, 0.3) is 16.6 Å². The van der Waals surface area contributed by atoms with Gasteiger partial charge in [0, 0.05) is 12.6 Å². The summed E-state index contributed by atoms with van der Waals surface area (Å²) in [5.41, 5.74) is 0. The molecule has 0 unspecified atom stereocenters. The number of hydrogen-bond acceptors (Lipinski definition) is 3. The SMILES string of the molecule is O=S(=O)(NC1CC1)N(CCO)CC(F)F. The van der Waals surface area contributed by atoms with Crippen molar-refractivity contribution in [2.24, 2.45) is 0 Å². The molecular weight excluding hydrogens is 230 g/mol. The Morgan fingerprint density at radius 1 is 1.47 bits per heavy atom. The predicted molar refractivity (Wildman–Crippen MR) is 49.7 cm³/mol. The molecule has 8 heteroatoms. The van der Waals surface area contributed by atoms with Crippen LogP contribution in [0.25, 0.3) is 0 Å². The maximum absolute atomic E-state index is 12.1. The lowest BCUT2D eigenvalue weighted by atomic mass is 10.6. The quantitative estimate of drug-likeness (QED) is 0.637. The molecule has 1 aliphatic carbocycles. The van der Waals surface area contributed by atoms with Crippen molar-refractivity contribution in [3.63, 3.8) is 0 Å². The monoisotopic (exact) mass is 244 g/mol. The Labute approximate surface area is 87.3 Å². The average molecular weight is 244 g/mol. The van der Waals surface area contributed by atoms with E-state index in [-0.39, 0.29) is 12.6 Å². The van der Waals surface area contributed by atoms with Crippen molar-refractivity contribution in [1.29, 1.82) is 0 Å². The summed E-state index contributed by atoms with van der Waals surface area (Å²) in [6.07, 6.45) is -1.27. The number of nitrogens with one attached hydrogen (secondary N) is 1. The molecule has 0 saturated heterocycles. The van der Waals surface area contributed by atoms with Crippen LogP contribution in [0.4, 0.5) is 8.78 Å². The Bertz CT molecular complexity index is 293. The first-order valence-corrected chi connectivity index (χ1v) is 6.06. The van der Waals surface area contributed by atoms with E-state index in [1.807, 2.05) is 0 Å². The van der Waals surface area contributed by atoms with Crippen LogP contribution in [0, 0.1) is 0 Å². The van der Waals surface area contributed by atoms with Gasteiger partial charge in [0.1, 0.15) is 0 Å². The second-order valence-electron chi connectivity index (χ2n) is 3.37. The van der Waals surface area contributed by atoms with Crippen molar-refractivity contribution in [2.75, 3.05) is 19.7 Å². The topological polar surface area (TPSA) is 69.6 Å². The molecule has 1 rings (SSSR count). The molecule has 0 aromatic rings. The van der Waals surface area contributed by atoms with Gasteiger partial charge in [0.2, 0.25) is 0 Å². The van der Waals surface area contributed by atoms with E-state index in [4.69, 9.17) is 5.11 Å². The average Bonchev–Trinajstić information content (AvgIpc) is 2.86. The van der Waals surface area contributed by atoms with E-state index in [1.54, 1.807) is 0 Å². The zero-order valence-corrected chi connectivity index (χ0v) is 8.88. The highest BCUT2D eigenvalue weighted by atomic mass is 32.2. The molecule has 0 aromatic carbocycles. The van der Waals surface area contributed by atoms with Gasteiger partial charge in [-0.25, -0.2) is 8.78 Å². The van der Waals surface area contributed by atoms with E-state index in [0.717, 1.165) is 12.8 Å². The maximum Gasteiger partial charge on any atom is 0.279 e. The molecular formula is C7H14F2N2O3S. The molecule has 2 N–H and O–H groups in total. The normalized spacial score (nSPS) is 17.7. The Hall–Kier alpha value is -0.310. The van der Waals surface area contributed by atoms with Crippen molar-refractivity contribution < 1.29 is 22.3 Å². The van der Waals surface area contributed by atoms with Crippen LogP contribution in [0.5, 0.6) is 0 Å². The number of rotatable bonds is 7. The number of aliphatic hydroxyl groups excluding tert-OH is 1. The highest BCUT2D eigenvalue weighted by Crippen LogP contribution is 2.20. The van der Waals surface area contributed by atoms with Crippen LogP contribution in [0.15, 0.2) is 0 Å². The maximum atomic E-state index is 12.1. The van der Waals surface area contributed by atoms with Gasteiger partial charge >= 0.3 is 0 Å². The van der Waals surface area contributed by atoms with Gasteiger partial charge in [-0.2, -0.15) is 17.4 Å². The number of alkyl halides is 2. The van der Waals surface area contributed by atoms with Gasteiger partial charge in [-0.3, -0.25) is 0 Å². The van der Waals surface area contributed by atoms with Crippen LogP contribution >= 0.6 is 0 Å². The predicted octanol–water partition coefficient (Wildman–Crippen LogP) is -0.457. The largest absolute Gasteiger partial charge is 0.395 e. The van der Waals surface area contributed by atoms with E-state index in [0.29, 0.717) is 4.31 Å². The Morgan fingerprint density at radius 2 is 2.07 bits per heavy atom. The van der Waals surface area contributed by atoms with Gasteiger partial charge in [-0.15, -0.1) is 0 Å². The van der Waals surface area contributed by atoms with Crippen LogP contribution in [0.1, 0.15) is 12.8 Å². The molecule has 0 heterocycles. The van der Waals surface area contributed by atoms with E-state index < -0.39 is 29.8 Å². The first-order chi connectivity index (χ1) is 6.95. The summed E-state index contributed by atoms with van der Waals surface area (Å²) in [5.74, 6) is 0. The summed E-state index contributed by atoms with van der Waals surface area (Å²) in [6.45, 7) is -1.67. The summed E-state index contributed by atoms with van der Waals surface area (Å²) >= 11 is 0. The Kier molecular flexibility index (Phi) is 4.38. The summed E-state index contributed by atoms with van der Waals surface area (Å²) < 4.78 is 49.9. The number of aliphatic hydroxyl groups is 1. The van der Waals surface area contributed by atoms with Gasteiger partial charge in [-0.1, -0.05) is 0 Å². The molecule has 90 valence electrons. The lowest BCUT2D eigenvalue weighted by Crippen LogP contribution is -2.45. The second kappa shape index (κ2) is 5.15. The Balaban J connectivity index is 2.58. The fourth-order valence-electron chi connectivity index (χ4n) is 1.06. The minimum atomic E-state index is -3.87. The molecule has 1 fully saturated rings. The zero-order chi connectivity index (χ0) is 11.5. The summed E-state index contributed by atoms with van der Waals surface area (Å²) in [6, 6.07) is -0.131. The molecule has 0 atom stereocenters. The number of nitrogens with zero attached hydrogens (tertiary/aromatic N) is 1. The molecule has 15 heavy (non-hydrogen) atoms. The van der Waals surface area contributed by atoms with E-state index in [2.05, 4.69) is 4.72 Å². The minimum absolute atomic E-state index is 0.131. The summed E-state index contributed by atoms with van der Waals surface area (Å²) in [7, 11) is -3.87. The third kappa shape index (κ3) is 4.37. The number of hydrogen-bond donors (Lipinski definition) is 2. The van der Waals surface area contributed by atoms with Crippen molar-refractivity contribution in [3.05, 3.63) is 0 Å². The van der Waals surface area contributed by atoms with Crippen molar-refractivity contribution >= 4 is 10.2 Å². The molecule has 5 nitrogen and oxygen atoms in total. The second-order valence-corrected chi connectivity index (χ2v) is 5.07. The van der Waals surface area contributed by atoms with Gasteiger partial charge in [0.15, 0.2) is 0 Å². The van der Waals surface area contributed by atoms with Crippen LogP contribution in [0.2, 0.25) is 0 Å². The van der Waals surface area contributed by atoms with Crippen molar-refractivity contribution in [2.45, 2.75) is 25.3 Å². The molecule has 0 spiro atoms. The van der Waals surface area contributed by atoms with E-state index in [1.165, 1.54) is 0 Å². The fourth-order valence-corrected chi connectivity index (χ4v) is 2.50. The third-order valence-corrected chi connectivity index (χ3v) is 3.57. The summed E-state index contributed by atoms with van der Waals surface area (Å²) in [4.78, 5) is 0. The lowest BCUT2D eigenvalue weighted by Gasteiger charge is -2.20. The molecule has 0 aromatic heterocycles. The molecule has 0 bridgehead atoms. The molecule has 1 saturated carbocycles. The van der Waals surface area contributed by atoms with Crippen molar-refractivity contribution in [1.82, 2.24) is 9.03 Å². The van der Waals surface area contributed by atoms with Gasteiger partial charge < -0.3 is 5.11 Å². The first-order valence-electron chi connectivity index (χ1n) is 4.62. The lowest BCUT2D eigenvalue weighted by molar-refractivity contribution is 0.112. The molecule has 0 radical (unpaired) electrons. The fraction of sp³-hybridized carbons (Fsp3) is 1.00. The first kappa shape index (κ1) is 12.8. The van der Waals surface area contributed by atoms with E-state index >= 15 is 0 Å².